The number of aliphatic carboxylic acids is 1. The van der Waals surface area contributed by atoms with Crippen LogP contribution in [-0.2, 0) is 30.3 Å². The summed E-state index contributed by atoms with van der Waals surface area (Å²) in [5, 5.41) is 49.4. The van der Waals surface area contributed by atoms with Gasteiger partial charge < -0.3 is 29.9 Å². The number of amides is 1. The van der Waals surface area contributed by atoms with Crippen molar-refractivity contribution in [2.75, 3.05) is 11.4 Å². The lowest BCUT2D eigenvalue weighted by Gasteiger charge is -2.39. The molecule has 1 amide bonds. The summed E-state index contributed by atoms with van der Waals surface area (Å²) in [4.78, 5) is 40.5. The number of anilines is 1. The van der Waals surface area contributed by atoms with Crippen LogP contribution in [-0.4, -0.2) is 85.7 Å². The van der Waals surface area contributed by atoms with E-state index >= 15 is 0 Å². The molecule has 1 aromatic rings. The van der Waals surface area contributed by atoms with Crippen molar-refractivity contribution in [1.29, 1.82) is 0 Å². The standard InChI is InChI=1S/C25H39N3O9S/c1-4-9-14(21(34)37-22-18(31)16(29)17(30)19(36-22)20(32)33)13-25(10-7-8-11-25)23(35)28(12-5-2)24-27-26-15(6-3)38-24/h14,16-19,22,29-31H,4-13H2,1-3H3,(H,32,33)/t14-,16+,17+,18-,19+,22+/m1/s1. The van der Waals surface area contributed by atoms with Gasteiger partial charge in [-0.05, 0) is 38.5 Å². The molecule has 1 saturated carbocycles. The second-order valence-corrected chi connectivity index (χ2v) is 11.2. The van der Waals surface area contributed by atoms with E-state index in [1.54, 1.807) is 4.90 Å². The van der Waals surface area contributed by atoms with Crippen LogP contribution in [0.3, 0.4) is 0 Å². The lowest BCUT2D eigenvalue weighted by atomic mass is 9.75. The molecule has 2 aliphatic rings. The number of nitrogens with zero attached hydrogens (tertiary/aromatic N) is 3. The molecule has 2 fully saturated rings. The van der Waals surface area contributed by atoms with Gasteiger partial charge in [0.2, 0.25) is 17.3 Å². The van der Waals surface area contributed by atoms with E-state index in [0.29, 0.717) is 43.8 Å². The Morgan fingerprint density at radius 3 is 2.32 bits per heavy atom. The van der Waals surface area contributed by atoms with Crippen molar-refractivity contribution in [3.8, 4) is 0 Å². The highest BCUT2D eigenvalue weighted by molar-refractivity contribution is 7.15. The van der Waals surface area contributed by atoms with Crippen LogP contribution >= 0.6 is 11.3 Å². The zero-order valence-electron chi connectivity index (χ0n) is 22.1. The van der Waals surface area contributed by atoms with E-state index in [0.717, 1.165) is 24.3 Å². The average Bonchev–Trinajstić information content (AvgIpc) is 3.57. The summed E-state index contributed by atoms with van der Waals surface area (Å²) in [6.45, 7) is 6.32. The number of rotatable bonds is 12. The minimum Gasteiger partial charge on any atom is -0.479 e. The second kappa shape index (κ2) is 13.2. The summed E-state index contributed by atoms with van der Waals surface area (Å²) in [7, 11) is 0. The lowest BCUT2D eigenvalue weighted by molar-refractivity contribution is -0.287. The van der Waals surface area contributed by atoms with Crippen LogP contribution in [0.25, 0.3) is 0 Å². The topological polar surface area (TPSA) is 180 Å². The van der Waals surface area contributed by atoms with Gasteiger partial charge in [0.15, 0.2) is 6.10 Å². The number of aliphatic hydroxyl groups is 3. The average molecular weight is 558 g/mol. The molecule has 3 rings (SSSR count). The Morgan fingerprint density at radius 1 is 1.08 bits per heavy atom. The highest BCUT2D eigenvalue weighted by Crippen LogP contribution is 2.46. The number of ether oxygens (including phenoxy) is 2. The number of hydrogen-bond donors (Lipinski definition) is 4. The highest BCUT2D eigenvalue weighted by Gasteiger charge is 2.50. The summed E-state index contributed by atoms with van der Waals surface area (Å²) in [6, 6.07) is 0. The predicted octanol–water partition coefficient (Wildman–Crippen LogP) is 1.65. The Hall–Kier alpha value is -2.19. The molecule has 6 atom stereocenters. The van der Waals surface area contributed by atoms with Gasteiger partial charge in [0.1, 0.15) is 23.3 Å². The fourth-order valence-corrected chi connectivity index (χ4v) is 6.13. The molecular formula is C25H39N3O9S. The third-order valence-corrected chi connectivity index (χ3v) is 8.44. The number of esters is 1. The number of aryl methyl sites for hydroxylation is 1. The van der Waals surface area contributed by atoms with Crippen molar-refractivity contribution in [2.24, 2.45) is 11.3 Å². The van der Waals surface area contributed by atoms with Gasteiger partial charge in [0, 0.05) is 6.54 Å². The molecule has 214 valence electrons. The van der Waals surface area contributed by atoms with E-state index in [1.165, 1.54) is 11.3 Å². The summed E-state index contributed by atoms with van der Waals surface area (Å²) in [5.74, 6) is -3.14. The van der Waals surface area contributed by atoms with Crippen molar-refractivity contribution in [2.45, 2.75) is 109 Å². The Balaban J connectivity index is 1.82. The van der Waals surface area contributed by atoms with Crippen molar-refractivity contribution in [3.05, 3.63) is 5.01 Å². The molecule has 0 bridgehead atoms. The van der Waals surface area contributed by atoms with Crippen molar-refractivity contribution >= 4 is 34.3 Å². The summed E-state index contributed by atoms with van der Waals surface area (Å²) in [5.41, 5.74) is -0.808. The minimum atomic E-state index is -1.89. The van der Waals surface area contributed by atoms with E-state index in [2.05, 4.69) is 10.2 Å². The first-order valence-corrected chi connectivity index (χ1v) is 14.2. The monoisotopic (exact) mass is 557 g/mol. The molecule has 1 aliphatic carbocycles. The van der Waals surface area contributed by atoms with Crippen LogP contribution in [0, 0.1) is 11.3 Å². The quantitative estimate of drug-likeness (QED) is 0.274. The largest absolute Gasteiger partial charge is 0.479 e. The first-order chi connectivity index (χ1) is 18.1. The van der Waals surface area contributed by atoms with E-state index in [9.17, 15) is 34.8 Å². The number of hydrogen-bond acceptors (Lipinski definition) is 11. The molecule has 0 radical (unpaired) electrons. The van der Waals surface area contributed by atoms with E-state index < -0.39 is 54.0 Å². The minimum absolute atomic E-state index is 0.0945. The summed E-state index contributed by atoms with van der Waals surface area (Å²) in [6.07, 6.45) is -3.70. The van der Waals surface area contributed by atoms with Crippen LogP contribution in [0.4, 0.5) is 5.13 Å². The van der Waals surface area contributed by atoms with Crippen LogP contribution in [0.15, 0.2) is 0 Å². The van der Waals surface area contributed by atoms with Crippen molar-refractivity contribution < 1.29 is 44.3 Å². The van der Waals surface area contributed by atoms with Crippen LogP contribution in [0.1, 0.15) is 77.1 Å². The molecule has 0 spiro atoms. The molecule has 0 unspecified atom stereocenters. The van der Waals surface area contributed by atoms with Crippen LogP contribution in [0.2, 0.25) is 0 Å². The van der Waals surface area contributed by atoms with E-state index in [1.807, 2.05) is 20.8 Å². The van der Waals surface area contributed by atoms with Gasteiger partial charge in [-0.3, -0.25) is 14.5 Å². The van der Waals surface area contributed by atoms with Crippen LogP contribution in [0.5, 0.6) is 0 Å². The first-order valence-electron chi connectivity index (χ1n) is 13.4. The number of aromatic nitrogens is 2. The van der Waals surface area contributed by atoms with Crippen molar-refractivity contribution in [1.82, 2.24) is 10.2 Å². The van der Waals surface area contributed by atoms with Gasteiger partial charge in [-0.15, -0.1) is 10.2 Å². The molecular weight excluding hydrogens is 518 g/mol. The van der Waals surface area contributed by atoms with E-state index in [-0.39, 0.29) is 12.3 Å². The number of carbonyl (C=O) groups excluding carboxylic acids is 2. The van der Waals surface area contributed by atoms with Crippen LogP contribution < -0.4 is 4.90 Å². The van der Waals surface area contributed by atoms with Gasteiger partial charge in [-0.2, -0.15) is 0 Å². The lowest BCUT2D eigenvalue weighted by Crippen LogP contribution is -2.60. The summed E-state index contributed by atoms with van der Waals surface area (Å²) >= 11 is 1.38. The smallest absolute Gasteiger partial charge is 0.335 e. The third kappa shape index (κ3) is 6.50. The number of aliphatic hydroxyl groups excluding tert-OH is 3. The zero-order chi connectivity index (χ0) is 28.0. The zero-order valence-corrected chi connectivity index (χ0v) is 22.9. The highest BCUT2D eigenvalue weighted by atomic mass is 32.1. The molecule has 38 heavy (non-hydrogen) atoms. The molecule has 4 N–H and O–H groups in total. The molecule has 1 saturated heterocycles. The summed E-state index contributed by atoms with van der Waals surface area (Å²) < 4.78 is 10.5. The first kappa shape index (κ1) is 30.4. The van der Waals surface area contributed by atoms with Gasteiger partial charge in [-0.25, -0.2) is 4.79 Å². The number of carbonyl (C=O) groups is 3. The molecule has 2 heterocycles. The second-order valence-electron chi connectivity index (χ2n) is 10.1. The Labute approximate surface area is 226 Å². The normalized spacial score (nSPS) is 27.6. The van der Waals surface area contributed by atoms with Crippen molar-refractivity contribution in [3.63, 3.8) is 0 Å². The fourth-order valence-electron chi connectivity index (χ4n) is 5.33. The Kier molecular flexibility index (Phi) is 10.6. The number of carboxylic acid groups (broad SMARTS) is 1. The maximum Gasteiger partial charge on any atom is 0.335 e. The third-order valence-electron chi connectivity index (χ3n) is 7.35. The van der Waals surface area contributed by atoms with Gasteiger partial charge >= 0.3 is 11.9 Å². The maximum absolute atomic E-state index is 14.1. The molecule has 0 aromatic carbocycles. The fraction of sp³-hybridized carbons (Fsp3) is 0.800. The molecule has 12 nitrogen and oxygen atoms in total. The molecule has 13 heteroatoms. The van der Waals surface area contributed by atoms with Gasteiger partial charge in [0.05, 0.1) is 11.3 Å². The Bertz CT molecular complexity index is 968. The molecule has 1 aromatic heterocycles. The Morgan fingerprint density at radius 2 is 1.76 bits per heavy atom. The van der Waals surface area contributed by atoms with E-state index in [4.69, 9.17) is 9.47 Å². The maximum atomic E-state index is 14.1. The SMILES string of the molecule is CCC[C@H](CC1(C(=O)N(CCC)c2nnc(CC)s2)CCCC1)C(=O)O[C@@H]1O[C@H](C(=O)O)[C@@H](O)[C@H](O)[C@H]1O. The predicted molar refractivity (Wildman–Crippen MR) is 136 cm³/mol. The number of carboxylic acids is 1. The van der Waals surface area contributed by atoms with Gasteiger partial charge in [0.25, 0.3) is 0 Å². The molecule has 1 aliphatic heterocycles. The van der Waals surface area contributed by atoms with Gasteiger partial charge in [-0.1, -0.05) is 51.4 Å².